The maximum atomic E-state index is 9.72. The SMILES string of the molecule is COC(=O)OP. The fourth-order valence-corrected chi connectivity index (χ4v) is 0.144. The first-order valence-corrected chi connectivity index (χ1v) is 1.73. The minimum absolute atomic E-state index is 0.694. The first-order valence-electron chi connectivity index (χ1n) is 1.26. The van der Waals surface area contributed by atoms with Crippen LogP contribution < -0.4 is 0 Å². The second-order valence-electron chi connectivity index (χ2n) is 0.572. The Morgan fingerprint density at radius 3 is 2.33 bits per heavy atom. The van der Waals surface area contributed by atoms with Gasteiger partial charge in [0.05, 0.1) is 16.6 Å². The Morgan fingerprint density at radius 1 is 1.83 bits per heavy atom. The van der Waals surface area contributed by atoms with Crippen LogP contribution in [-0.4, -0.2) is 13.3 Å². The Labute approximate surface area is 37.9 Å². The van der Waals surface area contributed by atoms with Crippen LogP contribution in [0.1, 0.15) is 0 Å². The van der Waals surface area contributed by atoms with Crippen molar-refractivity contribution in [3.05, 3.63) is 0 Å². The largest absolute Gasteiger partial charge is 0.510 e. The molecule has 1 unspecified atom stereocenters. The summed E-state index contributed by atoms with van der Waals surface area (Å²) in [6, 6.07) is 0. The number of methoxy groups -OCH3 is 1. The summed E-state index contributed by atoms with van der Waals surface area (Å²) in [5.74, 6) is 0. The molecule has 1 atom stereocenters. The monoisotopic (exact) mass is 108 g/mol. The summed E-state index contributed by atoms with van der Waals surface area (Å²) in [6.45, 7) is 0. The van der Waals surface area contributed by atoms with Gasteiger partial charge in [0, 0.05) is 0 Å². The lowest BCUT2D eigenvalue weighted by Gasteiger charge is -1.89. The lowest BCUT2D eigenvalue weighted by Crippen LogP contribution is -1.93. The van der Waals surface area contributed by atoms with Crippen molar-refractivity contribution in [2.45, 2.75) is 0 Å². The Balaban J connectivity index is 2.99. The van der Waals surface area contributed by atoms with E-state index in [2.05, 4.69) is 9.26 Å². The van der Waals surface area contributed by atoms with Gasteiger partial charge in [0.15, 0.2) is 0 Å². The highest BCUT2D eigenvalue weighted by Crippen LogP contribution is 1.86. The molecule has 0 radical (unpaired) electrons. The van der Waals surface area contributed by atoms with Gasteiger partial charge in [0.2, 0.25) is 0 Å². The van der Waals surface area contributed by atoms with E-state index < -0.39 is 6.16 Å². The molecule has 0 aliphatic rings. The van der Waals surface area contributed by atoms with Crippen molar-refractivity contribution in [3.8, 4) is 0 Å². The molecule has 3 nitrogen and oxygen atoms in total. The lowest BCUT2D eigenvalue weighted by atomic mass is 11.4. The number of rotatable bonds is 0. The van der Waals surface area contributed by atoms with Crippen LogP contribution in [0.3, 0.4) is 0 Å². The van der Waals surface area contributed by atoms with Crippen molar-refractivity contribution in [2.75, 3.05) is 7.11 Å². The first kappa shape index (κ1) is 5.70. The molecule has 0 aliphatic carbocycles. The quantitative estimate of drug-likeness (QED) is 0.336. The third-order valence-corrected chi connectivity index (χ3v) is 0.455. The van der Waals surface area contributed by atoms with Crippen molar-refractivity contribution in [3.63, 3.8) is 0 Å². The van der Waals surface area contributed by atoms with Gasteiger partial charge in [-0.25, -0.2) is 4.79 Å². The predicted octanol–water partition coefficient (Wildman–Crippen LogP) is 0.559. The van der Waals surface area contributed by atoms with Gasteiger partial charge >= 0.3 is 6.16 Å². The van der Waals surface area contributed by atoms with Crippen LogP contribution in [0, 0.1) is 0 Å². The molecule has 0 aromatic carbocycles. The van der Waals surface area contributed by atoms with E-state index in [1.807, 2.05) is 0 Å². The second kappa shape index (κ2) is 2.91. The summed E-state index contributed by atoms with van der Waals surface area (Å²) in [5, 5.41) is 0. The standard InChI is InChI=1S/C2H5O3P/c1-4-2(3)5-6/h6H2,1H3. The molecular weight excluding hydrogens is 103 g/mol. The molecule has 0 rings (SSSR count). The maximum Gasteiger partial charge on any atom is 0.510 e. The molecule has 0 N–H and O–H groups in total. The zero-order valence-corrected chi connectivity index (χ0v) is 4.46. The van der Waals surface area contributed by atoms with E-state index in [4.69, 9.17) is 0 Å². The van der Waals surface area contributed by atoms with Crippen LogP contribution in [0.25, 0.3) is 0 Å². The Morgan fingerprint density at radius 2 is 2.33 bits per heavy atom. The van der Waals surface area contributed by atoms with Gasteiger partial charge in [-0.15, -0.1) is 0 Å². The first-order chi connectivity index (χ1) is 2.81. The minimum Gasteiger partial charge on any atom is -0.437 e. The number of carbonyl (C=O) groups excluding carboxylic acids is 1. The smallest absolute Gasteiger partial charge is 0.437 e. The third-order valence-electron chi connectivity index (χ3n) is 0.263. The normalized spacial score (nSPS) is 7.00. The van der Waals surface area contributed by atoms with E-state index >= 15 is 0 Å². The van der Waals surface area contributed by atoms with Gasteiger partial charge in [-0.2, -0.15) is 0 Å². The Hall–Kier alpha value is -0.300. The van der Waals surface area contributed by atoms with Crippen LogP contribution in [0.5, 0.6) is 0 Å². The molecular formula is C2H5O3P. The molecule has 0 amide bonds. The topological polar surface area (TPSA) is 35.5 Å². The molecule has 0 spiro atoms. The summed E-state index contributed by atoms with van der Waals surface area (Å²) in [5.41, 5.74) is 0. The average Bonchev–Trinajstić information content (AvgIpc) is 1.65. The van der Waals surface area contributed by atoms with Gasteiger partial charge in [-0.3, -0.25) is 0 Å². The van der Waals surface area contributed by atoms with Gasteiger partial charge < -0.3 is 9.26 Å². The fourth-order valence-electron chi connectivity index (χ4n) is 0.0481. The molecule has 6 heavy (non-hydrogen) atoms. The van der Waals surface area contributed by atoms with Crippen LogP contribution >= 0.6 is 9.47 Å². The van der Waals surface area contributed by atoms with E-state index in [1.165, 1.54) is 7.11 Å². The molecule has 0 fully saturated rings. The predicted molar refractivity (Wildman–Crippen MR) is 23.2 cm³/mol. The number of carbonyl (C=O) groups is 1. The summed E-state index contributed by atoms with van der Waals surface area (Å²) < 4.78 is 7.97. The number of hydrogen-bond acceptors (Lipinski definition) is 3. The number of ether oxygens (including phenoxy) is 1. The van der Waals surface area contributed by atoms with E-state index in [-0.39, 0.29) is 0 Å². The van der Waals surface area contributed by atoms with Crippen LogP contribution in [0.15, 0.2) is 0 Å². The van der Waals surface area contributed by atoms with Crippen molar-refractivity contribution >= 4 is 15.6 Å². The summed E-state index contributed by atoms with van der Waals surface area (Å²) in [4.78, 5) is 9.72. The van der Waals surface area contributed by atoms with Crippen molar-refractivity contribution in [1.29, 1.82) is 0 Å². The molecule has 0 aromatic rings. The zero-order chi connectivity index (χ0) is 4.99. The second-order valence-corrected chi connectivity index (χ2v) is 0.808. The molecule has 0 saturated carbocycles. The van der Waals surface area contributed by atoms with E-state index in [0.29, 0.717) is 0 Å². The van der Waals surface area contributed by atoms with Crippen LogP contribution in [-0.2, 0) is 9.26 Å². The van der Waals surface area contributed by atoms with Crippen LogP contribution in [0.4, 0.5) is 4.79 Å². The van der Waals surface area contributed by atoms with E-state index in [0.717, 1.165) is 0 Å². The lowest BCUT2D eigenvalue weighted by molar-refractivity contribution is 0.129. The highest BCUT2D eigenvalue weighted by molar-refractivity contribution is 7.10. The Bertz CT molecular complexity index is 46.8. The van der Waals surface area contributed by atoms with Gasteiger partial charge in [0.1, 0.15) is 0 Å². The molecule has 0 aromatic heterocycles. The Kier molecular flexibility index (Phi) is 2.77. The summed E-state index contributed by atoms with van der Waals surface area (Å²) >= 11 is 0. The minimum atomic E-state index is -0.694. The summed E-state index contributed by atoms with van der Waals surface area (Å²) in [7, 11) is 3.01. The van der Waals surface area contributed by atoms with Crippen LogP contribution in [0.2, 0.25) is 0 Å². The average molecular weight is 108 g/mol. The highest BCUT2D eigenvalue weighted by Gasteiger charge is 1.89. The van der Waals surface area contributed by atoms with Crippen molar-refractivity contribution < 1.29 is 14.1 Å². The zero-order valence-electron chi connectivity index (χ0n) is 3.30. The van der Waals surface area contributed by atoms with E-state index in [1.54, 1.807) is 9.47 Å². The molecule has 0 saturated heterocycles. The summed E-state index contributed by atoms with van der Waals surface area (Å²) in [6.07, 6.45) is -0.694. The molecule has 4 heteroatoms. The molecule has 36 valence electrons. The van der Waals surface area contributed by atoms with Crippen molar-refractivity contribution in [1.82, 2.24) is 0 Å². The van der Waals surface area contributed by atoms with Gasteiger partial charge in [-0.1, -0.05) is 0 Å². The highest BCUT2D eigenvalue weighted by atomic mass is 31.0. The fraction of sp³-hybridized carbons (Fsp3) is 0.500. The molecule has 0 heterocycles. The maximum absolute atomic E-state index is 9.72. The third kappa shape index (κ3) is 1.97. The van der Waals surface area contributed by atoms with Crippen molar-refractivity contribution in [2.24, 2.45) is 0 Å². The molecule has 0 aliphatic heterocycles. The van der Waals surface area contributed by atoms with Gasteiger partial charge in [-0.05, 0) is 0 Å². The van der Waals surface area contributed by atoms with Gasteiger partial charge in [0.25, 0.3) is 0 Å². The number of hydrogen-bond donors (Lipinski definition) is 0. The van der Waals surface area contributed by atoms with E-state index in [9.17, 15) is 4.79 Å². The molecule has 0 bridgehead atoms.